The molecule has 0 aliphatic carbocycles. The molecular formula is C13H25F3N4O. The number of nitrogens with one attached hydrogen (secondary N) is 3. The summed E-state index contributed by atoms with van der Waals surface area (Å²) in [4.78, 5) is 15.5. The van der Waals surface area contributed by atoms with E-state index in [0.29, 0.717) is 18.9 Å². The standard InChI is InChI=1S/C13H25F3N4O/c1-12(2,3)20-10(21)9-19-11(17-4)18-8-6-5-7-13(14,15)16/h5-9H2,1-4H3,(H,20,21)(H2,17,18,19). The average molecular weight is 310 g/mol. The topological polar surface area (TPSA) is 65.5 Å². The Bertz CT molecular complexity index is 348. The van der Waals surface area contributed by atoms with Crippen LogP contribution in [0.25, 0.3) is 0 Å². The number of aliphatic imine (C=N–C) groups is 1. The molecule has 0 radical (unpaired) electrons. The summed E-state index contributed by atoms with van der Waals surface area (Å²) < 4.78 is 35.9. The second-order valence-electron chi connectivity index (χ2n) is 5.72. The van der Waals surface area contributed by atoms with E-state index in [9.17, 15) is 18.0 Å². The minimum Gasteiger partial charge on any atom is -0.356 e. The van der Waals surface area contributed by atoms with E-state index in [-0.39, 0.29) is 24.4 Å². The van der Waals surface area contributed by atoms with E-state index >= 15 is 0 Å². The first-order valence-electron chi connectivity index (χ1n) is 6.86. The Hall–Kier alpha value is -1.47. The Morgan fingerprint density at radius 2 is 1.71 bits per heavy atom. The molecule has 124 valence electrons. The van der Waals surface area contributed by atoms with Crippen molar-refractivity contribution >= 4 is 11.9 Å². The summed E-state index contributed by atoms with van der Waals surface area (Å²) in [7, 11) is 1.53. The third kappa shape index (κ3) is 13.3. The molecule has 0 rings (SSSR count). The van der Waals surface area contributed by atoms with Gasteiger partial charge >= 0.3 is 6.18 Å². The number of unbranched alkanes of at least 4 members (excludes halogenated alkanes) is 1. The Kier molecular flexibility index (Phi) is 8.12. The van der Waals surface area contributed by atoms with Gasteiger partial charge in [-0.1, -0.05) is 0 Å². The first kappa shape index (κ1) is 19.5. The molecule has 0 unspecified atom stereocenters. The molecule has 0 atom stereocenters. The van der Waals surface area contributed by atoms with Crippen LogP contribution in [-0.2, 0) is 4.79 Å². The van der Waals surface area contributed by atoms with E-state index in [1.165, 1.54) is 7.05 Å². The van der Waals surface area contributed by atoms with Gasteiger partial charge < -0.3 is 16.0 Å². The number of carbonyl (C=O) groups excluding carboxylic acids is 1. The maximum atomic E-state index is 12.0. The lowest BCUT2D eigenvalue weighted by atomic mass is 10.1. The zero-order valence-corrected chi connectivity index (χ0v) is 13.0. The molecule has 0 aliphatic rings. The van der Waals surface area contributed by atoms with Gasteiger partial charge in [0.15, 0.2) is 5.96 Å². The van der Waals surface area contributed by atoms with Gasteiger partial charge in [-0.05, 0) is 33.6 Å². The van der Waals surface area contributed by atoms with Gasteiger partial charge in [-0.25, -0.2) is 0 Å². The second kappa shape index (κ2) is 8.74. The zero-order valence-electron chi connectivity index (χ0n) is 13.0. The largest absolute Gasteiger partial charge is 0.389 e. The lowest BCUT2D eigenvalue weighted by Gasteiger charge is -2.21. The van der Waals surface area contributed by atoms with Crippen molar-refractivity contribution in [3.8, 4) is 0 Å². The minimum atomic E-state index is -4.11. The van der Waals surface area contributed by atoms with Crippen LogP contribution in [0.4, 0.5) is 13.2 Å². The molecule has 0 saturated heterocycles. The molecule has 8 heteroatoms. The van der Waals surface area contributed by atoms with Crippen LogP contribution in [0, 0.1) is 0 Å². The molecule has 3 N–H and O–H groups in total. The van der Waals surface area contributed by atoms with E-state index in [2.05, 4.69) is 20.9 Å². The number of halogens is 3. The molecule has 0 saturated carbocycles. The quantitative estimate of drug-likeness (QED) is 0.398. The number of hydrogen-bond donors (Lipinski definition) is 3. The number of alkyl halides is 3. The van der Waals surface area contributed by atoms with Crippen molar-refractivity contribution in [3.63, 3.8) is 0 Å². The molecule has 0 fully saturated rings. The maximum absolute atomic E-state index is 12.0. The van der Waals surface area contributed by atoms with E-state index in [1.807, 2.05) is 20.8 Å². The van der Waals surface area contributed by atoms with Crippen molar-refractivity contribution in [1.29, 1.82) is 0 Å². The minimum absolute atomic E-state index is 0.0551. The molecule has 5 nitrogen and oxygen atoms in total. The van der Waals surface area contributed by atoms with Crippen LogP contribution >= 0.6 is 0 Å². The number of rotatable bonds is 6. The third-order valence-corrected chi connectivity index (χ3v) is 2.33. The zero-order chi connectivity index (χ0) is 16.5. The molecule has 0 spiro atoms. The Morgan fingerprint density at radius 1 is 1.10 bits per heavy atom. The summed E-state index contributed by atoms with van der Waals surface area (Å²) in [5.41, 5.74) is -0.312. The van der Waals surface area contributed by atoms with Crippen LogP contribution in [0.3, 0.4) is 0 Å². The molecule has 0 aromatic heterocycles. The lowest BCUT2D eigenvalue weighted by Crippen LogP contribution is -2.48. The second-order valence-corrected chi connectivity index (χ2v) is 5.72. The van der Waals surface area contributed by atoms with Gasteiger partial charge in [0.2, 0.25) is 5.91 Å². The molecule has 0 aromatic carbocycles. The van der Waals surface area contributed by atoms with Gasteiger partial charge in [-0.2, -0.15) is 13.2 Å². The normalized spacial score (nSPS) is 13.0. The highest BCUT2D eigenvalue weighted by molar-refractivity contribution is 5.86. The van der Waals surface area contributed by atoms with Gasteiger partial charge in [0, 0.05) is 25.6 Å². The molecule has 21 heavy (non-hydrogen) atoms. The van der Waals surface area contributed by atoms with Crippen LogP contribution in [-0.4, -0.2) is 43.7 Å². The molecule has 0 aliphatic heterocycles. The predicted molar refractivity (Wildman–Crippen MR) is 77.2 cm³/mol. The van der Waals surface area contributed by atoms with Crippen LogP contribution in [0.15, 0.2) is 4.99 Å². The lowest BCUT2D eigenvalue weighted by molar-refractivity contribution is -0.135. The van der Waals surface area contributed by atoms with Gasteiger partial charge in [0.1, 0.15) is 0 Å². The highest BCUT2D eigenvalue weighted by Gasteiger charge is 2.25. The van der Waals surface area contributed by atoms with Crippen molar-refractivity contribution in [2.75, 3.05) is 20.1 Å². The highest BCUT2D eigenvalue weighted by Crippen LogP contribution is 2.21. The van der Waals surface area contributed by atoms with Crippen LogP contribution in [0.2, 0.25) is 0 Å². The van der Waals surface area contributed by atoms with Gasteiger partial charge in [-0.3, -0.25) is 9.79 Å². The monoisotopic (exact) mass is 310 g/mol. The van der Waals surface area contributed by atoms with Crippen molar-refractivity contribution < 1.29 is 18.0 Å². The van der Waals surface area contributed by atoms with Crippen molar-refractivity contribution in [2.24, 2.45) is 4.99 Å². The number of hydrogen-bond acceptors (Lipinski definition) is 2. The Balaban J connectivity index is 3.85. The summed E-state index contributed by atoms with van der Waals surface area (Å²) in [6.45, 7) is 6.05. The summed E-state index contributed by atoms with van der Waals surface area (Å²) in [6, 6.07) is 0. The van der Waals surface area contributed by atoms with E-state index in [1.54, 1.807) is 0 Å². The fourth-order valence-corrected chi connectivity index (χ4v) is 1.50. The predicted octanol–water partition coefficient (Wildman–Crippen LogP) is 1.80. The summed E-state index contributed by atoms with van der Waals surface area (Å²) in [5.74, 6) is 0.216. The van der Waals surface area contributed by atoms with Crippen LogP contribution < -0.4 is 16.0 Å². The molecule has 1 amide bonds. The highest BCUT2D eigenvalue weighted by atomic mass is 19.4. The fraction of sp³-hybridized carbons (Fsp3) is 0.846. The maximum Gasteiger partial charge on any atom is 0.389 e. The van der Waals surface area contributed by atoms with Crippen LogP contribution in [0.1, 0.15) is 40.0 Å². The number of carbonyl (C=O) groups is 1. The van der Waals surface area contributed by atoms with Crippen LogP contribution in [0.5, 0.6) is 0 Å². The van der Waals surface area contributed by atoms with Crippen molar-refractivity contribution in [1.82, 2.24) is 16.0 Å². The van der Waals surface area contributed by atoms with E-state index < -0.39 is 12.6 Å². The van der Waals surface area contributed by atoms with Gasteiger partial charge in [-0.15, -0.1) is 0 Å². The van der Waals surface area contributed by atoms with E-state index in [0.717, 1.165) is 0 Å². The Labute approximate surface area is 123 Å². The van der Waals surface area contributed by atoms with Crippen molar-refractivity contribution in [3.05, 3.63) is 0 Å². The first-order chi connectivity index (χ1) is 9.53. The number of nitrogens with zero attached hydrogens (tertiary/aromatic N) is 1. The molecule has 0 heterocycles. The molecule has 0 bridgehead atoms. The molecule has 0 aromatic rings. The van der Waals surface area contributed by atoms with Gasteiger partial charge in [0.05, 0.1) is 6.54 Å². The summed E-state index contributed by atoms with van der Waals surface area (Å²) in [6.07, 6.45) is -4.44. The van der Waals surface area contributed by atoms with Gasteiger partial charge in [0.25, 0.3) is 0 Å². The van der Waals surface area contributed by atoms with E-state index in [4.69, 9.17) is 0 Å². The fourth-order valence-electron chi connectivity index (χ4n) is 1.50. The number of amides is 1. The van der Waals surface area contributed by atoms with Crippen molar-refractivity contribution in [2.45, 2.75) is 51.7 Å². The molecular weight excluding hydrogens is 285 g/mol. The summed E-state index contributed by atoms with van der Waals surface area (Å²) in [5, 5.41) is 8.45. The SMILES string of the molecule is CN=C(NCCCCC(F)(F)F)NCC(=O)NC(C)(C)C. The average Bonchev–Trinajstić information content (AvgIpc) is 2.29. The third-order valence-electron chi connectivity index (χ3n) is 2.33. The number of guanidine groups is 1. The first-order valence-corrected chi connectivity index (χ1v) is 6.86. The Morgan fingerprint density at radius 3 is 2.19 bits per heavy atom. The smallest absolute Gasteiger partial charge is 0.356 e. The summed E-state index contributed by atoms with van der Waals surface area (Å²) >= 11 is 0.